The Kier molecular flexibility index (Phi) is 3.25. The van der Waals surface area contributed by atoms with E-state index in [4.69, 9.17) is 5.73 Å². The van der Waals surface area contributed by atoms with Gasteiger partial charge < -0.3 is 10.6 Å². The van der Waals surface area contributed by atoms with Gasteiger partial charge in [0.25, 0.3) is 0 Å². The number of nitrogens with zero attached hydrogens (tertiary/aromatic N) is 1. The SMILES string of the molecule is NCc1cc(F)cc(N2CCC3CCCCC32)c1. The first-order valence-electron chi connectivity index (χ1n) is 7.04. The topological polar surface area (TPSA) is 29.3 Å². The van der Waals surface area contributed by atoms with Gasteiger partial charge in [0.2, 0.25) is 0 Å². The van der Waals surface area contributed by atoms with Crippen molar-refractivity contribution in [2.45, 2.75) is 44.7 Å². The number of benzene rings is 1. The van der Waals surface area contributed by atoms with Gasteiger partial charge in [-0.2, -0.15) is 0 Å². The number of hydrogen-bond acceptors (Lipinski definition) is 2. The summed E-state index contributed by atoms with van der Waals surface area (Å²) in [6.45, 7) is 1.48. The van der Waals surface area contributed by atoms with Crippen LogP contribution in [0.1, 0.15) is 37.7 Å². The van der Waals surface area contributed by atoms with Crippen LogP contribution < -0.4 is 10.6 Å². The third kappa shape index (κ3) is 2.12. The Bertz CT molecular complexity index is 433. The first-order chi connectivity index (χ1) is 8.78. The van der Waals surface area contributed by atoms with Gasteiger partial charge in [-0.05, 0) is 48.9 Å². The molecule has 2 aliphatic rings. The molecule has 1 saturated heterocycles. The smallest absolute Gasteiger partial charge is 0.125 e. The lowest BCUT2D eigenvalue weighted by Gasteiger charge is -2.33. The maximum absolute atomic E-state index is 13.6. The van der Waals surface area contributed by atoms with E-state index in [9.17, 15) is 4.39 Å². The Morgan fingerprint density at radius 3 is 2.83 bits per heavy atom. The molecule has 18 heavy (non-hydrogen) atoms. The van der Waals surface area contributed by atoms with Crippen LogP contribution in [0.3, 0.4) is 0 Å². The minimum atomic E-state index is -0.160. The second-order valence-electron chi connectivity index (χ2n) is 5.62. The molecule has 1 aromatic carbocycles. The fourth-order valence-corrected chi connectivity index (χ4v) is 3.64. The maximum atomic E-state index is 13.6. The summed E-state index contributed by atoms with van der Waals surface area (Å²) in [6.07, 6.45) is 6.56. The quantitative estimate of drug-likeness (QED) is 0.871. The van der Waals surface area contributed by atoms with Crippen molar-refractivity contribution < 1.29 is 4.39 Å². The number of anilines is 1. The average Bonchev–Trinajstić information content (AvgIpc) is 2.81. The van der Waals surface area contributed by atoms with Crippen LogP contribution >= 0.6 is 0 Å². The summed E-state index contributed by atoms with van der Waals surface area (Å²) in [7, 11) is 0. The lowest BCUT2D eigenvalue weighted by Crippen LogP contribution is -2.34. The summed E-state index contributed by atoms with van der Waals surface area (Å²) in [4.78, 5) is 2.41. The predicted octanol–water partition coefficient (Wildman–Crippen LogP) is 3.05. The van der Waals surface area contributed by atoms with Crippen LogP contribution in [0.2, 0.25) is 0 Å². The van der Waals surface area contributed by atoms with Gasteiger partial charge in [0, 0.05) is 24.8 Å². The molecule has 1 aliphatic heterocycles. The zero-order valence-electron chi connectivity index (χ0n) is 10.7. The average molecular weight is 248 g/mol. The highest BCUT2D eigenvalue weighted by atomic mass is 19.1. The molecule has 0 bridgehead atoms. The van der Waals surface area contributed by atoms with Crippen molar-refractivity contribution in [2.24, 2.45) is 11.7 Å². The summed E-state index contributed by atoms with van der Waals surface area (Å²) in [5.74, 6) is 0.663. The van der Waals surface area contributed by atoms with Crippen molar-refractivity contribution in [1.82, 2.24) is 0 Å². The van der Waals surface area contributed by atoms with E-state index in [0.717, 1.165) is 23.7 Å². The third-order valence-electron chi connectivity index (χ3n) is 4.52. The maximum Gasteiger partial charge on any atom is 0.125 e. The molecule has 1 aliphatic carbocycles. The van der Waals surface area contributed by atoms with Crippen molar-refractivity contribution in [3.8, 4) is 0 Å². The molecule has 0 amide bonds. The zero-order chi connectivity index (χ0) is 12.5. The van der Waals surface area contributed by atoms with Gasteiger partial charge in [-0.1, -0.05) is 12.8 Å². The van der Waals surface area contributed by atoms with Gasteiger partial charge in [0.05, 0.1) is 0 Å². The van der Waals surface area contributed by atoms with Crippen LogP contribution in [0, 0.1) is 11.7 Å². The van der Waals surface area contributed by atoms with E-state index >= 15 is 0 Å². The van der Waals surface area contributed by atoms with Gasteiger partial charge >= 0.3 is 0 Å². The molecule has 0 radical (unpaired) electrons. The minimum absolute atomic E-state index is 0.160. The van der Waals surface area contributed by atoms with E-state index in [0.29, 0.717) is 12.6 Å². The summed E-state index contributed by atoms with van der Waals surface area (Å²) in [5.41, 5.74) is 7.56. The molecule has 2 fully saturated rings. The molecule has 1 heterocycles. The van der Waals surface area contributed by atoms with E-state index in [-0.39, 0.29) is 5.82 Å². The molecule has 2 nitrogen and oxygen atoms in total. The molecule has 1 aromatic rings. The van der Waals surface area contributed by atoms with Gasteiger partial charge in [-0.15, -0.1) is 0 Å². The first-order valence-corrected chi connectivity index (χ1v) is 7.04. The molecule has 98 valence electrons. The van der Waals surface area contributed by atoms with Crippen molar-refractivity contribution in [1.29, 1.82) is 0 Å². The standard InChI is InChI=1S/C15H21FN2/c16-13-7-11(10-17)8-14(9-13)18-6-5-12-3-1-2-4-15(12)18/h7-9,12,15H,1-6,10,17H2. The zero-order valence-corrected chi connectivity index (χ0v) is 10.7. The van der Waals surface area contributed by atoms with Crippen LogP contribution in [0.4, 0.5) is 10.1 Å². The Hall–Kier alpha value is -1.09. The van der Waals surface area contributed by atoms with Crippen molar-refractivity contribution in [3.63, 3.8) is 0 Å². The molecule has 2 atom stereocenters. The summed E-state index contributed by atoms with van der Waals surface area (Å²) < 4.78 is 13.6. The Labute approximate surface area is 108 Å². The van der Waals surface area contributed by atoms with Gasteiger partial charge in [-0.3, -0.25) is 0 Å². The number of rotatable bonds is 2. The van der Waals surface area contributed by atoms with E-state index in [1.54, 1.807) is 6.07 Å². The van der Waals surface area contributed by atoms with Crippen LogP contribution in [0.5, 0.6) is 0 Å². The van der Waals surface area contributed by atoms with Crippen LogP contribution in [0.25, 0.3) is 0 Å². The molecular weight excluding hydrogens is 227 g/mol. The molecule has 0 aromatic heterocycles. The predicted molar refractivity (Wildman–Crippen MR) is 72.0 cm³/mol. The lowest BCUT2D eigenvalue weighted by atomic mass is 9.85. The Balaban J connectivity index is 1.88. The normalized spacial score (nSPS) is 27.3. The number of nitrogens with two attached hydrogens (primary N) is 1. The van der Waals surface area contributed by atoms with E-state index in [1.807, 2.05) is 0 Å². The highest BCUT2D eigenvalue weighted by Gasteiger charge is 2.35. The van der Waals surface area contributed by atoms with Gasteiger partial charge in [0.15, 0.2) is 0 Å². The minimum Gasteiger partial charge on any atom is -0.368 e. The third-order valence-corrected chi connectivity index (χ3v) is 4.52. The molecule has 2 N–H and O–H groups in total. The fourth-order valence-electron chi connectivity index (χ4n) is 3.64. The largest absolute Gasteiger partial charge is 0.368 e. The van der Waals surface area contributed by atoms with Crippen LogP contribution in [-0.4, -0.2) is 12.6 Å². The Morgan fingerprint density at radius 1 is 1.17 bits per heavy atom. The summed E-state index contributed by atoms with van der Waals surface area (Å²) in [6, 6.07) is 5.89. The van der Waals surface area contributed by atoms with Crippen molar-refractivity contribution in [3.05, 3.63) is 29.6 Å². The molecular formula is C15H21FN2. The fraction of sp³-hybridized carbons (Fsp3) is 0.600. The number of hydrogen-bond donors (Lipinski definition) is 1. The van der Waals surface area contributed by atoms with Gasteiger partial charge in [0.1, 0.15) is 5.82 Å². The summed E-state index contributed by atoms with van der Waals surface area (Å²) in [5, 5.41) is 0. The highest BCUT2D eigenvalue weighted by Crippen LogP contribution is 2.39. The molecule has 3 heteroatoms. The molecule has 0 spiro atoms. The lowest BCUT2D eigenvalue weighted by molar-refractivity contribution is 0.342. The monoisotopic (exact) mass is 248 g/mol. The first kappa shape index (κ1) is 12.0. The van der Waals surface area contributed by atoms with Crippen molar-refractivity contribution >= 4 is 5.69 Å². The van der Waals surface area contributed by atoms with E-state index in [2.05, 4.69) is 11.0 Å². The highest BCUT2D eigenvalue weighted by molar-refractivity contribution is 5.51. The summed E-state index contributed by atoms with van der Waals surface area (Å²) >= 11 is 0. The Morgan fingerprint density at radius 2 is 2.00 bits per heavy atom. The van der Waals surface area contributed by atoms with Crippen LogP contribution in [0.15, 0.2) is 18.2 Å². The second kappa shape index (κ2) is 4.88. The number of halogens is 1. The van der Waals surface area contributed by atoms with Gasteiger partial charge in [-0.25, -0.2) is 4.39 Å². The van der Waals surface area contributed by atoms with E-state index in [1.165, 1.54) is 38.2 Å². The second-order valence-corrected chi connectivity index (χ2v) is 5.62. The van der Waals surface area contributed by atoms with E-state index < -0.39 is 0 Å². The molecule has 1 saturated carbocycles. The van der Waals surface area contributed by atoms with Crippen molar-refractivity contribution in [2.75, 3.05) is 11.4 Å². The molecule has 3 rings (SSSR count). The molecule has 2 unspecified atom stereocenters. The van der Waals surface area contributed by atoms with Crippen LogP contribution in [-0.2, 0) is 6.54 Å². The number of fused-ring (bicyclic) bond motifs is 1.